The first-order valence-electron chi connectivity index (χ1n) is 7.68. The maximum absolute atomic E-state index is 5.48. The summed E-state index contributed by atoms with van der Waals surface area (Å²) in [4.78, 5) is 0. The predicted molar refractivity (Wildman–Crippen MR) is 80.7 cm³/mol. The fourth-order valence-corrected chi connectivity index (χ4v) is 3.19. The Morgan fingerprint density at radius 1 is 1.37 bits per heavy atom. The normalized spacial score (nSPS) is 20.0. The van der Waals surface area contributed by atoms with Crippen molar-refractivity contribution in [2.75, 3.05) is 20.3 Å². The summed E-state index contributed by atoms with van der Waals surface area (Å²) in [5.74, 6) is 0.726. The Bertz CT molecular complexity index is 377. The van der Waals surface area contributed by atoms with Gasteiger partial charge in [-0.1, -0.05) is 24.3 Å². The zero-order valence-corrected chi connectivity index (χ0v) is 12.3. The maximum atomic E-state index is 5.48. The first-order chi connectivity index (χ1) is 9.35. The largest absolute Gasteiger partial charge is 0.382 e. The lowest BCUT2D eigenvalue weighted by Gasteiger charge is -2.29. The third kappa shape index (κ3) is 4.05. The molecule has 0 amide bonds. The summed E-state index contributed by atoms with van der Waals surface area (Å²) in [6.07, 6.45) is 6.28. The van der Waals surface area contributed by atoms with Gasteiger partial charge in [-0.15, -0.1) is 0 Å². The third-order valence-electron chi connectivity index (χ3n) is 4.29. The monoisotopic (exact) mass is 261 g/mol. The van der Waals surface area contributed by atoms with Crippen molar-refractivity contribution < 1.29 is 4.74 Å². The van der Waals surface area contributed by atoms with Gasteiger partial charge in [0.05, 0.1) is 0 Å². The molecule has 1 aliphatic rings. The molecule has 0 saturated heterocycles. The molecule has 19 heavy (non-hydrogen) atoms. The van der Waals surface area contributed by atoms with Crippen molar-refractivity contribution in [3.8, 4) is 0 Å². The molecule has 1 N–H and O–H groups in total. The molecule has 0 spiro atoms. The molecule has 0 bridgehead atoms. The van der Waals surface area contributed by atoms with Gasteiger partial charge in [0.15, 0.2) is 0 Å². The van der Waals surface area contributed by atoms with Crippen LogP contribution in [0, 0.1) is 0 Å². The summed E-state index contributed by atoms with van der Waals surface area (Å²) < 4.78 is 5.48. The van der Waals surface area contributed by atoms with Crippen molar-refractivity contribution in [1.29, 1.82) is 0 Å². The molecule has 0 radical (unpaired) electrons. The molecule has 1 aromatic rings. The van der Waals surface area contributed by atoms with Crippen LogP contribution in [0.5, 0.6) is 0 Å². The fourth-order valence-electron chi connectivity index (χ4n) is 3.19. The van der Waals surface area contributed by atoms with Gasteiger partial charge in [-0.25, -0.2) is 0 Å². The number of hydrogen-bond acceptors (Lipinski definition) is 2. The molecule has 2 nitrogen and oxygen atoms in total. The lowest BCUT2D eigenvalue weighted by molar-refractivity contribution is 0.135. The van der Waals surface area contributed by atoms with Crippen molar-refractivity contribution in [3.63, 3.8) is 0 Å². The maximum Gasteiger partial charge on any atom is 0.0480 e. The number of aryl methyl sites for hydroxylation is 1. The molecule has 0 fully saturated rings. The SMILES string of the molecule is CCOCCC(CC1CCCc2ccccc21)NC. The Balaban J connectivity index is 1.94. The van der Waals surface area contributed by atoms with Gasteiger partial charge in [-0.05, 0) is 63.1 Å². The molecule has 2 atom stereocenters. The van der Waals surface area contributed by atoms with E-state index in [1.54, 1.807) is 11.1 Å². The van der Waals surface area contributed by atoms with E-state index in [9.17, 15) is 0 Å². The van der Waals surface area contributed by atoms with E-state index in [-0.39, 0.29) is 0 Å². The molecule has 0 heterocycles. The van der Waals surface area contributed by atoms with Gasteiger partial charge in [0.25, 0.3) is 0 Å². The highest BCUT2D eigenvalue weighted by molar-refractivity contribution is 5.32. The topological polar surface area (TPSA) is 21.3 Å². The van der Waals surface area contributed by atoms with Crippen molar-refractivity contribution >= 4 is 0 Å². The number of rotatable bonds is 7. The molecule has 106 valence electrons. The lowest BCUT2D eigenvalue weighted by Crippen LogP contribution is -2.29. The second kappa shape index (κ2) is 7.66. The van der Waals surface area contributed by atoms with Gasteiger partial charge in [0.2, 0.25) is 0 Å². The summed E-state index contributed by atoms with van der Waals surface area (Å²) in [7, 11) is 2.07. The highest BCUT2D eigenvalue weighted by Crippen LogP contribution is 2.34. The van der Waals surface area contributed by atoms with Gasteiger partial charge < -0.3 is 10.1 Å². The van der Waals surface area contributed by atoms with Crippen LogP contribution in [0.4, 0.5) is 0 Å². The minimum Gasteiger partial charge on any atom is -0.382 e. The molecule has 0 aliphatic heterocycles. The van der Waals surface area contributed by atoms with E-state index >= 15 is 0 Å². The number of nitrogens with one attached hydrogen (secondary N) is 1. The number of hydrogen-bond donors (Lipinski definition) is 1. The Labute approximate surface area is 117 Å². The van der Waals surface area contributed by atoms with Crippen LogP contribution in [-0.2, 0) is 11.2 Å². The minimum atomic E-state index is 0.572. The van der Waals surface area contributed by atoms with Crippen molar-refractivity contribution in [2.24, 2.45) is 0 Å². The fraction of sp³-hybridized carbons (Fsp3) is 0.647. The van der Waals surface area contributed by atoms with Crippen LogP contribution in [0.3, 0.4) is 0 Å². The highest BCUT2D eigenvalue weighted by Gasteiger charge is 2.22. The van der Waals surface area contributed by atoms with Crippen LogP contribution in [0.15, 0.2) is 24.3 Å². The van der Waals surface area contributed by atoms with Crippen molar-refractivity contribution in [2.45, 2.75) is 51.0 Å². The Kier molecular flexibility index (Phi) is 5.87. The van der Waals surface area contributed by atoms with E-state index in [1.807, 2.05) is 0 Å². The summed E-state index contributed by atoms with van der Waals surface area (Å²) in [6, 6.07) is 9.56. The molecule has 1 aliphatic carbocycles. The van der Waals surface area contributed by atoms with Gasteiger partial charge in [-0.2, -0.15) is 0 Å². The summed E-state index contributed by atoms with van der Waals surface area (Å²) in [6.45, 7) is 3.75. The van der Waals surface area contributed by atoms with Gasteiger partial charge in [0.1, 0.15) is 0 Å². The second-order valence-electron chi connectivity index (χ2n) is 5.49. The highest BCUT2D eigenvalue weighted by atomic mass is 16.5. The van der Waals surface area contributed by atoms with Gasteiger partial charge in [0, 0.05) is 19.3 Å². The Hall–Kier alpha value is -0.860. The summed E-state index contributed by atoms with van der Waals surface area (Å²) >= 11 is 0. The smallest absolute Gasteiger partial charge is 0.0480 e. The number of ether oxygens (including phenoxy) is 1. The van der Waals surface area contributed by atoms with Crippen LogP contribution in [0.1, 0.15) is 49.7 Å². The average Bonchev–Trinajstić information content (AvgIpc) is 2.46. The van der Waals surface area contributed by atoms with Gasteiger partial charge >= 0.3 is 0 Å². The summed E-state index contributed by atoms with van der Waals surface area (Å²) in [5, 5.41) is 3.46. The minimum absolute atomic E-state index is 0.572. The molecule has 2 heteroatoms. The molecule has 1 aromatic carbocycles. The molecule has 2 unspecified atom stereocenters. The van der Waals surface area contributed by atoms with Crippen LogP contribution in [0.2, 0.25) is 0 Å². The van der Waals surface area contributed by atoms with E-state index in [0.717, 1.165) is 25.6 Å². The molecule has 0 aromatic heterocycles. The quantitative estimate of drug-likeness (QED) is 0.758. The molecule has 2 rings (SSSR count). The van der Waals surface area contributed by atoms with Crippen molar-refractivity contribution in [3.05, 3.63) is 35.4 Å². The van der Waals surface area contributed by atoms with E-state index in [0.29, 0.717) is 6.04 Å². The van der Waals surface area contributed by atoms with E-state index in [2.05, 4.69) is 43.6 Å². The molecular weight excluding hydrogens is 234 g/mol. The van der Waals surface area contributed by atoms with Crippen LogP contribution in [-0.4, -0.2) is 26.3 Å². The average molecular weight is 261 g/mol. The molecular formula is C17H27NO. The van der Waals surface area contributed by atoms with Crippen LogP contribution in [0.25, 0.3) is 0 Å². The summed E-state index contributed by atoms with van der Waals surface area (Å²) in [5.41, 5.74) is 3.16. The van der Waals surface area contributed by atoms with Crippen LogP contribution >= 0.6 is 0 Å². The standard InChI is InChI=1S/C17H27NO/c1-3-19-12-11-16(18-2)13-15-9-6-8-14-7-4-5-10-17(14)15/h4-5,7,10,15-16,18H,3,6,8-9,11-13H2,1-2H3. The number of fused-ring (bicyclic) bond motifs is 1. The zero-order chi connectivity index (χ0) is 13.5. The Morgan fingerprint density at radius 2 is 2.21 bits per heavy atom. The first kappa shape index (κ1) is 14.5. The second-order valence-corrected chi connectivity index (χ2v) is 5.49. The molecule has 0 saturated carbocycles. The number of benzene rings is 1. The Morgan fingerprint density at radius 3 is 3.00 bits per heavy atom. The third-order valence-corrected chi connectivity index (χ3v) is 4.29. The first-order valence-corrected chi connectivity index (χ1v) is 7.68. The zero-order valence-electron chi connectivity index (χ0n) is 12.3. The van der Waals surface area contributed by atoms with E-state index in [1.165, 1.54) is 25.7 Å². The van der Waals surface area contributed by atoms with E-state index < -0.39 is 0 Å². The predicted octanol–water partition coefficient (Wildman–Crippen LogP) is 3.51. The van der Waals surface area contributed by atoms with E-state index in [4.69, 9.17) is 4.74 Å². The van der Waals surface area contributed by atoms with Crippen molar-refractivity contribution in [1.82, 2.24) is 5.32 Å². The lowest BCUT2D eigenvalue weighted by atomic mass is 9.79. The van der Waals surface area contributed by atoms with Crippen LogP contribution < -0.4 is 5.32 Å². The van der Waals surface area contributed by atoms with Gasteiger partial charge in [-0.3, -0.25) is 0 Å².